The fraction of sp³-hybridized carbons (Fsp3) is 0.111. The molecule has 0 saturated carbocycles. The molecular formula is C18H16N4O4. The van der Waals surface area contributed by atoms with Gasteiger partial charge in [0.1, 0.15) is 0 Å². The summed E-state index contributed by atoms with van der Waals surface area (Å²) >= 11 is 0. The Morgan fingerprint density at radius 3 is 2.73 bits per heavy atom. The van der Waals surface area contributed by atoms with Gasteiger partial charge in [-0.3, -0.25) is 14.9 Å². The molecule has 8 nitrogen and oxygen atoms in total. The number of aromatic nitrogens is 2. The molecule has 132 valence electrons. The number of nitro groups is 1. The van der Waals surface area contributed by atoms with E-state index in [1.165, 1.54) is 25.3 Å². The highest BCUT2D eigenvalue weighted by atomic mass is 16.6. The number of nitro benzene ring substituents is 1. The number of rotatable bonds is 6. The Hall–Kier alpha value is -3.68. The summed E-state index contributed by atoms with van der Waals surface area (Å²) in [5, 5.41) is 18.0. The molecule has 0 spiro atoms. The molecule has 0 atom stereocenters. The van der Waals surface area contributed by atoms with Crippen molar-refractivity contribution in [1.29, 1.82) is 0 Å². The summed E-state index contributed by atoms with van der Waals surface area (Å²) in [6.07, 6.45) is 3.47. The molecule has 0 aliphatic heterocycles. The second kappa shape index (κ2) is 7.47. The summed E-state index contributed by atoms with van der Waals surface area (Å²) in [6, 6.07) is 13.7. The molecule has 1 heterocycles. The van der Waals surface area contributed by atoms with Gasteiger partial charge in [0.25, 0.3) is 5.91 Å². The van der Waals surface area contributed by atoms with Crippen LogP contribution in [0.25, 0.3) is 5.69 Å². The molecule has 1 amide bonds. The fourth-order valence-corrected chi connectivity index (χ4v) is 2.43. The molecule has 0 unspecified atom stereocenters. The standard InChI is InChI=1S/C18H16N4O4/c1-26-17-8-7-14(9-16(17)22(24)25)18(23)19-10-13-11-20-21(12-13)15-5-3-2-4-6-15/h2-9,11-12H,10H2,1H3,(H,19,23). The largest absolute Gasteiger partial charge is 0.490 e. The third-order valence-electron chi connectivity index (χ3n) is 3.75. The van der Waals surface area contributed by atoms with Crippen LogP contribution in [0.1, 0.15) is 15.9 Å². The number of amides is 1. The van der Waals surface area contributed by atoms with Gasteiger partial charge in [0.05, 0.1) is 23.9 Å². The van der Waals surface area contributed by atoms with Gasteiger partial charge in [0.2, 0.25) is 0 Å². The van der Waals surface area contributed by atoms with Crippen LogP contribution >= 0.6 is 0 Å². The first-order chi connectivity index (χ1) is 12.6. The second-order valence-corrected chi connectivity index (χ2v) is 5.46. The highest BCUT2D eigenvalue weighted by Gasteiger charge is 2.18. The monoisotopic (exact) mass is 352 g/mol. The number of carbonyl (C=O) groups excluding carboxylic acids is 1. The number of nitrogens with zero attached hydrogens (tertiary/aromatic N) is 3. The Morgan fingerprint density at radius 2 is 2.04 bits per heavy atom. The van der Waals surface area contributed by atoms with Gasteiger partial charge >= 0.3 is 5.69 Å². The van der Waals surface area contributed by atoms with Crippen molar-refractivity contribution in [3.8, 4) is 11.4 Å². The number of carbonyl (C=O) groups is 1. The molecule has 3 aromatic rings. The van der Waals surface area contributed by atoms with E-state index in [1.54, 1.807) is 10.9 Å². The summed E-state index contributed by atoms with van der Waals surface area (Å²) in [6.45, 7) is 0.255. The number of para-hydroxylation sites is 1. The average molecular weight is 352 g/mol. The highest BCUT2D eigenvalue weighted by Crippen LogP contribution is 2.27. The van der Waals surface area contributed by atoms with E-state index in [9.17, 15) is 14.9 Å². The lowest BCUT2D eigenvalue weighted by Crippen LogP contribution is -2.22. The highest BCUT2D eigenvalue weighted by molar-refractivity contribution is 5.95. The van der Waals surface area contributed by atoms with Crippen LogP contribution in [0.3, 0.4) is 0 Å². The van der Waals surface area contributed by atoms with E-state index in [2.05, 4.69) is 10.4 Å². The molecule has 0 bridgehead atoms. The molecule has 0 radical (unpaired) electrons. The SMILES string of the molecule is COc1ccc(C(=O)NCc2cnn(-c3ccccc3)c2)cc1[N+](=O)[O-]. The third kappa shape index (κ3) is 3.69. The summed E-state index contributed by atoms with van der Waals surface area (Å²) in [7, 11) is 1.34. The van der Waals surface area contributed by atoms with Gasteiger partial charge < -0.3 is 10.1 Å². The Morgan fingerprint density at radius 1 is 1.27 bits per heavy atom. The summed E-state index contributed by atoms with van der Waals surface area (Å²) in [5.74, 6) is -0.307. The van der Waals surface area contributed by atoms with Gasteiger partial charge in [-0.2, -0.15) is 5.10 Å². The first kappa shape index (κ1) is 17.2. The van der Waals surface area contributed by atoms with Crippen LogP contribution < -0.4 is 10.1 Å². The predicted octanol–water partition coefficient (Wildman–Crippen LogP) is 2.72. The molecule has 1 aromatic heterocycles. The number of methoxy groups -OCH3 is 1. The van der Waals surface area contributed by atoms with Crippen LogP contribution in [0.15, 0.2) is 60.9 Å². The first-order valence-corrected chi connectivity index (χ1v) is 7.78. The molecule has 3 rings (SSSR count). The maximum absolute atomic E-state index is 12.3. The Labute approximate surface area is 149 Å². The minimum absolute atomic E-state index is 0.107. The summed E-state index contributed by atoms with van der Waals surface area (Å²) in [5.41, 5.74) is 1.66. The van der Waals surface area contributed by atoms with E-state index in [-0.39, 0.29) is 23.5 Å². The lowest BCUT2D eigenvalue weighted by molar-refractivity contribution is -0.385. The number of nitrogens with one attached hydrogen (secondary N) is 1. The Bertz CT molecular complexity index is 937. The minimum atomic E-state index is -0.584. The van der Waals surface area contributed by atoms with Gasteiger partial charge in [0, 0.05) is 29.9 Å². The van der Waals surface area contributed by atoms with Crippen molar-refractivity contribution in [3.05, 3.63) is 82.2 Å². The van der Waals surface area contributed by atoms with E-state index in [0.717, 1.165) is 11.3 Å². The zero-order valence-electron chi connectivity index (χ0n) is 14.0. The van der Waals surface area contributed by atoms with E-state index in [4.69, 9.17) is 4.74 Å². The lowest BCUT2D eigenvalue weighted by atomic mass is 10.1. The summed E-state index contributed by atoms with van der Waals surface area (Å²) < 4.78 is 6.64. The molecule has 0 aliphatic rings. The molecule has 1 N–H and O–H groups in total. The van der Waals surface area contributed by atoms with Crippen molar-refractivity contribution in [2.75, 3.05) is 7.11 Å². The molecular weight excluding hydrogens is 336 g/mol. The number of hydrogen-bond acceptors (Lipinski definition) is 5. The van der Waals surface area contributed by atoms with Crippen LogP contribution in [0.5, 0.6) is 5.75 Å². The van der Waals surface area contributed by atoms with Crippen molar-refractivity contribution in [2.45, 2.75) is 6.54 Å². The quantitative estimate of drug-likeness (QED) is 0.543. The summed E-state index contributed by atoms with van der Waals surface area (Å²) in [4.78, 5) is 22.7. The van der Waals surface area contributed by atoms with E-state index in [1.807, 2.05) is 36.5 Å². The van der Waals surface area contributed by atoms with Crippen LogP contribution in [0.2, 0.25) is 0 Å². The maximum Gasteiger partial charge on any atom is 0.311 e. The normalized spacial score (nSPS) is 10.3. The van der Waals surface area contributed by atoms with Crippen molar-refractivity contribution in [1.82, 2.24) is 15.1 Å². The van der Waals surface area contributed by atoms with Crippen molar-refractivity contribution < 1.29 is 14.5 Å². The molecule has 2 aromatic carbocycles. The Kier molecular flexibility index (Phi) is 4.93. The van der Waals surface area contributed by atoms with Gasteiger partial charge in [-0.1, -0.05) is 18.2 Å². The van der Waals surface area contributed by atoms with E-state index < -0.39 is 10.8 Å². The smallest absolute Gasteiger partial charge is 0.311 e. The van der Waals surface area contributed by atoms with E-state index >= 15 is 0 Å². The fourth-order valence-electron chi connectivity index (χ4n) is 2.43. The van der Waals surface area contributed by atoms with Crippen molar-refractivity contribution in [2.24, 2.45) is 0 Å². The third-order valence-corrected chi connectivity index (χ3v) is 3.75. The maximum atomic E-state index is 12.3. The van der Waals surface area contributed by atoms with Gasteiger partial charge in [-0.05, 0) is 24.3 Å². The number of ether oxygens (including phenoxy) is 1. The van der Waals surface area contributed by atoms with Crippen LogP contribution in [-0.4, -0.2) is 27.7 Å². The van der Waals surface area contributed by atoms with Crippen LogP contribution in [-0.2, 0) is 6.54 Å². The van der Waals surface area contributed by atoms with Crippen molar-refractivity contribution >= 4 is 11.6 Å². The minimum Gasteiger partial charge on any atom is -0.490 e. The number of benzene rings is 2. The zero-order chi connectivity index (χ0) is 18.5. The van der Waals surface area contributed by atoms with Crippen molar-refractivity contribution in [3.63, 3.8) is 0 Å². The van der Waals surface area contributed by atoms with Gasteiger partial charge in [-0.25, -0.2) is 4.68 Å². The van der Waals surface area contributed by atoms with Gasteiger partial charge in [-0.15, -0.1) is 0 Å². The molecule has 0 fully saturated rings. The van der Waals surface area contributed by atoms with Crippen LogP contribution in [0, 0.1) is 10.1 Å². The van der Waals surface area contributed by atoms with E-state index in [0.29, 0.717) is 0 Å². The molecule has 26 heavy (non-hydrogen) atoms. The zero-order valence-corrected chi connectivity index (χ0v) is 14.0. The molecule has 0 saturated heterocycles. The second-order valence-electron chi connectivity index (χ2n) is 5.46. The molecule has 0 aliphatic carbocycles. The predicted molar refractivity (Wildman–Crippen MR) is 94.4 cm³/mol. The average Bonchev–Trinajstić information content (AvgIpc) is 3.15. The molecule has 8 heteroatoms. The lowest BCUT2D eigenvalue weighted by Gasteiger charge is -2.06. The first-order valence-electron chi connectivity index (χ1n) is 7.78. The van der Waals surface area contributed by atoms with Crippen LogP contribution in [0.4, 0.5) is 5.69 Å². The topological polar surface area (TPSA) is 99.3 Å². The van der Waals surface area contributed by atoms with Gasteiger partial charge in [0.15, 0.2) is 5.75 Å². The number of hydrogen-bond donors (Lipinski definition) is 1. The Balaban J connectivity index is 1.69.